The number of carboxylic acids is 1. The minimum Gasteiger partial charge on any atom is -0.483 e. The van der Waals surface area contributed by atoms with Crippen molar-refractivity contribution in [3.8, 4) is 0 Å². The standard InChI is InChI=1S/C27H49NO3.C6H10O3.CH2O2/c1-5-6-7-8-9-10-11-12-13-14-15-16-17-18-19-23-27(29)31-26(25-30-4)22-20-21-24-28(2)3;7-5-3-1-2-4-6(8)9;2-1-3/h6-7,9-10,12-13,26H,5,8,11,14-25H2,1-4H3;5H,1-4H2,(H,8,9);1H,(H,2,3)/b7-6-,10-9-,13-12-;;. The van der Waals surface area contributed by atoms with Crippen LogP contribution < -0.4 is 0 Å². The van der Waals surface area contributed by atoms with Crippen LogP contribution in [0.1, 0.15) is 116 Å². The average Bonchev–Trinajstić information content (AvgIpc) is 2.96. The van der Waals surface area contributed by atoms with Gasteiger partial charge in [0.05, 0.1) is 6.61 Å². The lowest BCUT2D eigenvalue weighted by atomic mass is 10.1. The summed E-state index contributed by atoms with van der Waals surface area (Å²) in [6.07, 6.45) is 29.7. The molecule has 0 saturated carbocycles. The monoisotopic (exact) mass is 611 g/mol. The second kappa shape index (κ2) is 39.2. The summed E-state index contributed by atoms with van der Waals surface area (Å²) in [7, 11) is 5.83. The van der Waals surface area contributed by atoms with Gasteiger partial charge in [-0.2, -0.15) is 0 Å². The first-order chi connectivity index (χ1) is 20.8. The van der Waals surface area contributed by atoms with Crippen LogP contribution >= 0.6 is 0 Å². The minimum atomic E-state index is -0.791. The van der Waals surface area contributed by atoms with Gasteiger partial charge in [0.1, 0.15) is 12.4 Å². The van der Waals surface area contributed by atoms with E-state index in [1.165, 1.54) is 19.3 Å². The van der Waals surface area contributed by atoms with E-state index in [2.05, 4.69) is 62.4 Å². The minimum absolute atomic E-state index is 0.0733. The predicted molar refractivity (Wildman–Crippen MR) is 174 cm³/mol. The molecule has 0 spiro atoms. The Morgan fingerprint density at radius 3 is 1.91 bits per heavy atom. The third kappa shape index (κ3) is 46.4. The normalized spacial score (nSPS) is 11.7. The first-order valence-electron chi connectivity index (χ1n) is 15.8. The lowest BCUT2D eigenvalue weighted by Crippen LogP contribution is -2.23. The molecule has 0 aromatic carbocycles. The summed E-state index contributed by atoms with van der Waals surface area (Å²) in [6.45, 7) is 3.47. The van der Waals surface area contributed by atoms with Crippen LogP contribution in [0.4, 0.5) is 0 Å². The van der Waals surface area contributed by atoms with E-state index in [4.69, 9.17) is 24.5 Å². The maximum atomic E-state index is 12.1. The molecular formula is C34H61NO8. The molecule has 0 radical (unpaired) electrons. The summed E-state index contributed by atoms with van der Waals surface area (Å²) >= 11 is 0. The summed E-state index contributed by atoms with van der Waals surface area (Å²) < 4.78 is 10.8. The molecule has 0 heterocycles. The van der Waals surface area contributed by atoms with Gasteiger partial charge in [-0.3, -0.25) is 14.4 Å². The van der Waals surface area contributed by atoms with Gasteiger partial charge < -0.3 is 29.4 Å². The zero-order chi connectivity index (χ0) is 32.8. The van der Waals surface area contributed by atoms with Crippen LogP contribution in [-0.2, 0) is 28.7 Å². The highest BCUT2D eigenvalue weighted by molar-refractivity contribution is 5.69. The maximum Gasteiger partial charge on any atom is 0.306 e. The molecule has 0 aromatic rings. The summed E-state index contributed by atoms with van der Waals surface area (Å²) in [5.74, 6) is -0.864. The van der Waals surface area contributed by atoms with Crippen molar-refractivity contribution >= 4 is 24.7 Å². The number of aldehydes is 1. The number of esters is 1. The zero-order valence-corrected chi connectivity index (χ0v) is 27.4. The van der Waals surface area contributed by atoms with Crippen molar-refractivity contribution in [1.82, 2.24) is 4.90 Å². The van der Waals surface area contributed by atoms with Gasteiger partial charge in [-0.05, 0) is 91.3 Å². The predicted octanol–water partition coefficient (Wildman–Crippen LogP) is 7.40. The number of allylic oxidation sites excluding steroid dienone is 6. The van der Waals surface area contributed by atoms with Crippen molar-refractivity contribution < 1.29 is 38.9 Å². The zero-order valence-electron chi connectivity index (χ0n) is 27.4. The molecule has 0 aromatic heterocycles. The number of carboxylic acid groups (broad SMARTS) is 2. The van der Waals surface area contributed by atoms with Crippen molar-refractivity contribution in [2.45, 2.75) is 122 Å². The third-order valence-corrected chi connectivity index (χ3v) is 6.03. The van der Waals surface area contributed by atoms with Gasteiger partial charge in [0.2, 0.25) is 0 Å². The average molecular weight is 612 g/mol. The highest BCUT2D eigenvalue weighted by Gasteiger charge is 2.14. The largest absolute Gasteiger partial charge is 0.483 e. The number of nitrogens with zero attached hydrogens (tertiary/aromatic N) is 1. The van der Waals surface area contributed by atoms with Crippen molar-refractivity contribution in [3.63, 3.8) is 0 Å². The Balaban J connectivity index is -0.00000111. The van der Waals surface area contributed by atoms with Crippen LogP contribution in [0.15, 0.2) is 36.5 Å². The molecule has 0 amide bonds. The fraction of sp³-hybridized carbons (Fsp3) is 0.706. The lowest BCUT2D eigenvalue weighted by molar-refractivity contribution is -0.152. The Morgan fingerprint density at radius 2 is 1.33 bits per heavy atom. The Bertz CT molecular complexity index is 719. The molecule has 0 bridgehead atoms. The molecule has 0 aliphatic heterocycles. The summed E-state index contributed by atoms with van der Waals surface area (Å²) in [5.41, 5.74) is 0. The number of carbonyl (C=O) groups is 4. The third-order valence-electron chi connectivity index (χ3n) is 6.03. The van der Waals surface area contributed by atoms with Gasteiger partial charge in [0, 0.05) is 26.4 Å². The van der Waals surface area contributed by atoms with Crippen LogP contribution in [0.5, 0.6) is 0 Å². The van der Waals surface area contributed by atoms with E-state index in [0.717, 1.165) is 70.6 Å². The van der Waals surface area contributed by atoms with Crippen LogP contribution in [0.3, 0.4) is 0 Å². The summed E-state index contributed by atoms with van der Waals surface area (Å²) in [5, 5.41) is 15.0. The Labute approximate surface area is 261 Å². The second-order valence-corrected chi connectivity index (χ2v) is 10.4. The maximum absolute atomic E-state index is 12.1. The smallest absolute Gasteiger partial charge is 0.306 e. The van der Waals surface area contributed by atoms with Crippen LogP contribution in [0.25, 0.3) is 0 Å². The Kier molecular flexibility index (Phi) is 40.7. The van der Waals surface area contributed by atoms with Crippen LogP contribution in [0.2, 0.25) is 0 Å². The molecule has 0 aliphatic rings. The van der Waals surface area contributed by atoms with E-state index in [0.29, 0.717) is 32.3 Å². The van der Waals surface area contributed by atoms with E-state index < -0.39 is 5.97 Å². The highest BCUT2D eigenvalue weighted by Crippen LogP contribution is 2.11. The van der Waals surface area contributed by atoms with E-state index in [1.807, 2.05) is 0 Å². The Hall–Kier alpha value is -2.78. The van der Waals surface area contributed by atoms with Gasteiger partial charge in [-0.1, -0.05) is 62.6 Å². The number of carbonyl (C=O) groups excluding carboxylic acids is 2. The van der Waals surface area contributed by atoms with Crippen LogP contribution in [-0.4, -0.2) is 80.3 Å². The molecular weight excluding hydrogens is 550 g/mol. The number of ether oxygens (including phenoxy) is 2. The van der Waals surface area contributed by atoms with E-state index in [1.54, 1.807) is 7.11 Å². The molecule has 2 N–H and O–H groups in total. The first kappa shape index (κ1) is 44.7. The molecule has 9 nitrogen and oxygen atoms in total. The number of hydrogen-bond acceptors (Lipinski definition) is 7. The number of aliphatic carboxylic acids is 1. The van der Waals surface area contributed by atoms with Gasteiger partial charge >= 0.3 is 11.9 Å². The van der Waals surface area contributed by atoms with Crippen LogP contribution in [0, 0.1) is 0 Å². The van der Waals surface area contributed by atoms with Crippen molar-refractivity contribution in [3.05, 3.63) is 36.5 Å². The quantitative estimate of drug-likeness (QED) is 0.0445. The first-order valence-corrected chi connectivity index (χ1v) is 15.8. The van der Waals surface area contributed by atoms with E-state index in [-0.39, 0.29) is 25.0 Å². The van der Waals surface area contributed by atoms with Gasteiger partial charge in [-0.25, -0.2) is 0 Å². The molecule has 0 rings (SSSR count). The van der Waals surface area contributed by atoms with Gasteiger partial charge in [0.15, 0.2) is 0 Å². The molecule has 9 heteroatoms. The number of unbranched alkanes of at least 4 members (excludes halogenated alkanes) is 8. The highest BCUT2D eigenvalue weighted by atomic mass is 16.6. The Morgan fingerprint density at radius 1 is 0.767 bits per heavy atom. The molecule has 1 unspecified atom stereocenters. The SMILES string of the molecule is CC/C=C\C/C=C\C/C=C\CCCCCCCC(=O)OC(CCCCN(C)C)COC.O=CCCCCC(=O)O.O=CO. The fourth-order valence-electron chi connectivity index (χ4n) is 3.80. The van der Waals surface area contributed by atoms with Gasteiger partial charge in [-0.15, -0.1) is 0 Å². The van der Waals surface area contributed by atoms with Crippen molar-refractivity contribution in [1.29, 1.82) is 0 Å². The van der Waals surface area contributed by atoms with E-state index in [9.17, 15) is 14.4 Å². The molecule has 43 heavy (non-hydrogen) atoms. The molecule has 0 saturated heterocycles. The van der Waals surface area contributed by atoms with Gasteiger partial charge in [0.25, 0.3) is 6.47 Å². The fourth-order valence-corrected chi connectivity index (χ4v) is 3.80. The number of rotatable bonds is 26. The lowest BCUT2D eigenvalue weighted by Gasteiger charge is -2.17. The molecule has 0 aliphatic carbocycles. The number of methoxy groups -OCH3 is 1. The molecule has 1 atom stereocenters. The topological polar surface area (TPSA) is 130 Å². The summed E-state index contributed by atoms with van der Waals surface area (Å²) in [6, 6.07) is 0. The molecule has 250 valence electrons. The number of hydrogen-bond donors (Lipinski definition) is 2. The molecule has 0 fully saturated rings. The van der Waals surface area contributed by atoms with E-state index >= 15 is 0 Å². The van der Waals surface area contributed by atoms with Crippen molar-refractivity contribution in [2.75, 3.05) is 34.4 Å². The summed E-state index contributed by atoms with van der Waals surface area (Å²) in [4.78, 5) is 42.2. The van der Waals surface area contributed by atoms with Crippen molar-refractivity contribution in [2.24, 2.45) is 0 Å². The second-order valence-electron chi connectivity index (χ2n) is 10.4.